The molecule has 3 atom stereocenters. The molecule has 0 rings (SSSR count). The molecule has 0 aromatic carbocycles. The van der Waals surface area contributed by atoms with Crippen LogP contribution < -0.4 is 34.4 Å². The average Bonchev–Trinajstić information content (AvgIpc) is 2.65. The molecule has 0 fully saturated rings. The number of amides is 1. The fourth-order valence-corrected chi connectivity index (χ4v) is 1.05. The van der Waals surface area contributed by atoms with Gasteiger partial charge in [-0.1, -0.05) is 13.8 Å². The molecule has 0 radical (unpaired) electrons. The lowest BCUT2D eigenvalue weighted by atomic mass is 10.1. The summed E-state index contributed by atoms with van der Waals surface area (Å²) < 4.78 is 0. The van der Waals surface area contributed by atoms with Crippen LogP contribution in [-0.4, -0.2) is 81.4 Å². The third kappa shape index (κ3) is 32.0. The second-order valence-electron chi connectivity index (χ2n) is 6.20. The summed E-state index contributed by atoms with van der Waals surface area (Å²) in [5.74, 6) is -4.75. The van der Waals surface area contributed by atoms with Crippen molar-refractivity contribution in [2.24, 2.45) is 40.3 Å². The van der Waals surface area contributed by atoms with Gasteiger partial charge in [-0.25, -0.2) is 0 Å². The van der Waals surface area contributed by atoms with Gasteiger partial charge in [-0.05, 0) is 25.3 Å². The quantitative estimate of drug-likeness (QED) is 0.152. The van der Waals surface area contributed by atoms with Crippen molar-refractivity contribution in [1.29, 1.82) is 0 Å². The van der Waals surface area contributed by atoms with Gasteiger partial charge < -0.3 is 54.8 Å². The lowest BCUT2D eigenvalue weighted by Gasteiger charge is -2.07. The molecule has 0 saturated carbocycles. The molecule has 3 unspecified atom stereocenters. The Morgan fingerprint density at radius 1 is 0.774 bits per heavy atom. The molecule has 0 aromatic heterocycles. The van der Waals surface area contributed by atoms with E-state index >= 15 is 0 Å². The van der Waals surface area contributed by atoms with Crippen LogP contribution in [-0.2, 0) is 24.0 Å². The zero-order valence-electron chi connectivity index (χ0n) is 17.6. The molecule has 0 aromatic rings. The van der Waals surface area contributed by atoms with E-state index in [-0.39, 0.29) is 18.9 Å². The van der Waals surface area contributed by atoms with Crippen LogP contribution in [0.25, 0.3) is 0 Å². The molecule has 0 aliphatic rings. The standard InChI is InChI=1S/C5H12N2O2.C5H11NO2.C4H8N2O3.C2H5NO2/c6-3-1-2-4(7)5(8)9;1-3(2)4(6)5(7)8;5-2(4(8)9)1-3(6)7;3-1-2(4)5/h4H,1-3,6-7H2,(H,8,9);3-4H,6H2,1-2H3,(H,7,8);2H,1,5H2,(H2,6,7)(H,8,9);1,3H2,(H,4,5). The highest BCUT2D eigenvalue weighted by atomic mass is 16.4. The van der Waals surface area contributed by atoms with Crippen LogP contribution in [0.5, 0.6) is 0 Å². The van der Waals surface area contributed by atoms with Crippen LogP contribution in [0.4, 0.5) is 0 Å². The van der Waals surface area contributed by atoms with E-state index in [1.54, 1.807) is 13.8 Å². The fourth-order valence-electron chi connectivity index (χ4n) is 1.05. The molecule has 31 heavy (non-hydrogen) atoms. The van der Waals surface area contributed by atoms with Gasteiger partial charge in [-0.2, -0.15) is 0 Å². The van der Waals surface area contributed by atoms with Crippen molar-refractivity contribution >= 4 is 29.8 Å². The normalized spacial score (nSPS) is 12.3. The third-order valence-corrected chi connectivity index (χ3v) is 2.95. The fraction of sp³-hybridized carbons (Fsp3) is 0.688. The molecule has 15 heteroatoms. The second kappa shape index (κ2) is 21.8. The van der Waals surface area contributed by atoms with Crippen molar-refractivity contribution < 1.29 is 44.4 Å². The maximum absolute atomic E-state index is 10.0. The lowest BCUT2D eigenvalue weighted by molar-refractivity contribution is -0.140. The third-order valence-electron chi connectivity index (χ3n) is 2.95. The van der Waals surface area contributed by atoms with E-state index in [9.17, 15) is 24.0 Å². The highest BCUT2D eigenvalue weighted by Crippen LogP contribution is 1.96. The molecular weight excluding hydrogens is 420 g/mol. The summed E-state index contributed by atoms with van der Waals surface area (Å²) in [7, 11) is 0. The van der Waals surface area contributed by atoms with Crippen LogP contribution in [0.2, 0.25) is 0 Å². The Morgan fingerprint density at radius 3 is 1.29 bits per heavy atom. The number of carbonyl (C=O) groups is 5. The summed E-state index contributed by atoms with van der Waals surface area (Å²) in [5.41, 5.74) is 29.6. The predicted molar refractivity (Wildman–Crippen MR) is 110 cm³/mol. The minimum absolute atomic E-state index is 0.0208. The van der Waals surface area contributed by atoms with E-state index in [4.69, 9.17) is 43.4 Å². The lowest BCUT2D eigenvalue weighted by Crippen LogP contribution is -2.34. The first-order chi connectivity index (χ1) is 14.0. The smallest absolute Gasteiger partial charge is 0.321 e. The van der Waals surface area contributed by atoms with Crippen LogP contribution in [0, 0.1) is 5.92 Å². The van der Waals surface area contributed by atoms with E-state index in [2.05, 4.69) is 11.5 Å². The van der Waals surface area contributed by atoms with Gasteiger partial charge in [0.2, 0.25) is 5.91 Å². The first kappa shape index (κ1) is 35.6. The van der Waals surface area contributed by atoms with Gasteiger partial charge in [0.15, 0.2) is 0 Å². The van der Waals surface area contributed by atoms with Gasteiger partial charge in [0.1, 0.15) is 18.1 Å². The molecular formula is C16H36N6O9. The van der Waals surface area contributed by atoms with Gasteiger partial charge in [0.25, 0.3) is 0 Å². The molecule has 16 N–H and O–H groups in total. The predicted octanol–water partition coefficient (Wildman–Crippen LogP) is -3.51. The summed E-state index contributed by atoms with van der Waals surface area (Å²) in [6, 6.07) is -2.62. The summed E-state index contributed by atoms with van der Waals surface area (Å²) in [4.78, 5) is 49.2. The summed E-state index contributed by atoms with van der Waals surface area (Å²) in [6.45, 7) is 3.78. The Labute approximate surface area is 179 Å². The highest BCUT2D eigenvalue weighted by Gasteiger charge is 2.14. The van der Waals surface area contributed by atoms with Crippen molar-refractivity contribution in [3.8, 4) is 0 Å². The Hall–Kier alpha value is -2.85. The molecule has 15 nitrogen and oxygen atoms in total. The number of hydrogen-bond donors (Lipinski definition) is 10. The number of rotatable bonds is 10. The van der Waals surface area contributed by atoms with Crippen LogP contribution >= 0.6 is 0 Å². The van der Waals surface area contributed by atoms with Crippen molar-refractivity contribution in [1.82, 2.24) is 0 Å². The average molecular weight is 456 g/mol. The minimum Gasteiger partial charge on any atom is -0.480 e. The number of nitrogens with two attached hydrogens (primary N) is 6. The molecule has 0 aliphatic carbocycles. The van der Waals surface area contributed by atoms with Crippen molar-refractivity contribution in [2.45, 2.75) is 51.2 Å². The molecule has 0 saturated heterocycles. The summed E-state index contributed by atoms with van der Waals surface area (Å²) in [5, 5.41) is 32.2. The Kier molecular flexibility index (Phi) is 25.1. The molecule has 0 heterocycles. The molecule has 184 valence electrons. The first-order valence-electron chi connectivity index (χ1n) is 8.90. The van der Waals surface area contributed by atoms with E-state index in [0.717, 1.165) is 0 Å². The minimum atomic E-state index is -1.21. The number of carbonyl (C=O) groups excluding carboxylic acids is 1. The largest absolute Gasteiger partial charge is 0.480 e. The Morgan fingerprint density at radius 2 is 1.16 bits per heavy atom. The molecule has 0 aliphatic heterocycles. The van der Waals surface area contributed by atoms with Crippen LogP contribution in [0.1, 0.15) is 33.1 Å². The van der Waals surface area contributed by atoms with Crippen molar-refractivity contribution in [3.63, 3.8) is 0 Å². The van der Waals surface area contributed by atoms with Crippen molar-refractivity contribution in [3.05, 3.63) is 0 Å². The maximum atomic E-state index is 10.0. The van der Waals surface area contributed by atoms with E-state index in [1.165, 1.54) is 0 Å². The first-order valence-corrected chi connectivity index (χ1v) is 8.90. The molecule has 0 bridgehead atoms. The van der Waals surface area contributed by atoms with Gasteiger partial charge in [0.05, 0.1) is 13.0 Å². The Balaban J connectivity index is -0.000000160. The number of hydrogen-bond acceptors (Lipinski definition) is 10. The summed E-state index contributed by atoms with van der Waals surface area (Å²) >= 11 is 0. The number of primary amides is 1. The van der Waals surface area contributed by atoms with Crippen LogP contribution in [0.15, 0.2) is 0 Å². The monoisotopic (exact) mass is 456 g/mol. The summed E-state index contributed by atoms with van der Waals surface area (Å²) in [6.07, 6.45) is 0.828. The molecule has 1 amide bonds. The van der Waals surface area contributed by atoms with Crippen molar-refractivity contribution in [2.75, 3.05) is 13.1 Å². The van der Waals surface area contributed by atoms with Crippen LogP contribution in [0.3, 0.4) is 0 Å². The van der Waals surface area contributed by atoms with Gasteiger partial charge in [0, 0.05) is 0 Å². The van der Waals surface area contributed by atoms with Gasteiger partial charge >= 0.3 is 23.9 Å². The SMILES string of the molecule is CC(C)C(N)C(=O)O.NC(=O)CC(N)C(=O)O.NCC(=O)O.NCCCC(N)C(=O)O. The topological polar surface area (TPSA) is 322 Å². The van der Waals surface area contributed by atoms with E-state index in [1.807, 2.05) is 0 Å². The zero-order valence-corrected chi connectivity index (χ0v) is 17.6. The number of carboxylic acid groups (broad SMARTS) is 4. The zero-order chi connectivity index (χ0) is 25.7. The molecule has 0 spiro atoms. The second-order valence-corrected chi connectivity index (χ2v) is 6.20. The highest BCUT2D eigenvalue weighted by molar-refractivity contribution is 5.83. The van der Waals surface area contributed by atoms with Gasteiger partial charge in [-0.15, -0.1) is 0 Å². The maximum Gasteiger partial charge on any atom is 0.321 e. The number of aliphatic carboxylic acids is 4. The number of carboxylic acids is 4. The Bertz CT molecular complexity index is 546. The van der Waals surface area contributed by atoms with E-state index in [0.29, 0.717) is 19.4 Å². The van der Waals surface area contributed by atoms with Gasteiger partial charge in [-0.3, -0.25) is 24.0 Å². The van der Waals surface area contributed by atoms with E-state index < -0.39 is 47.9 Å².